The number of aryl methyl sites for hydroxylation is 1. The maximum atomic E-state index is 11.7. The summed E-state index contributed by atoms with van der Waals surface area (Å²) in [5, 5.41) is 1.47. The standard InChI is InChI=1S/C32H40O6/c1-20-8-15-30-31(5,19-36-21(2)33)16-7-17-32(30,6)27(20)12-10-24-9-11-25-26(18-24)29(38-23(4)35)14-13-28(25)37-22(3)34/h9,11,13-14,18,27,30H,1,7-8,10,12,15-17,19H2,2-6H3/t27-,30-,31+,32+/m0/s1. The minimum atomic E-state index is -0.401. The Kier molecular flexibility index (Phi) is 8.01. The zero-order valence-corrected chi connectivity index (χ0v) is 23.4. The van der Waals surface area contributed by atoms with Crippen molar-refractivity contribution in [2.75, 3.05) is 6.61 Å². The molecule has 0 bridgehead atoms. The summed E-state index contributed by atoms with van der Waals surface area (Å²) in [6.07, 6.45) is 7.25. The van der Waals surface area contributed by atoms with Gasteiger partial charge >= 0.3 is 17.9 Å². The van der Waals surface area contributed by atoms with E-state index >= 15 is 0 Å². The number of esters is 3. The lowest BCUT2D eigenvalue weighted by atomic mass is 9.47. The number of ether oxygens (including phenoxy) is 3. The van der Waals surface area contributed by atoms with E-state index in [-0.39, 0.29) is 16.8 Å². The number of fused-ring (bicyclic) bond motifs is 2. The number of allylic oxidation sites excluding steroid dienone is 1. The second-order valence-corrected chi connectivity index (χ2v) is 11.8. The third-order valence-electron chi connectivity index (χ3n) is 8.98. The lowest BCUT2D eigenvalue weighted by Crippen LogP contribution is -2.52. The number of hydrogen-bond donors (Lipinski definition) is 0. The topological polar surface area (TPSA) is 78.9 Å². The summed E-state index contributed by atoms with van der Waals surface area (Å²) < 4.78 is 16.4. The van der Waals surface area contributed by atoms with Gasteiger partial charge in [-0.1, -0.05) is 44.6 Å². The van der Waals surface area contributed by atoms with Gasteiger partial charge in [0.2, 0.25) is 0 Å². The van der Waals surface area contributed by atoms with Gasteiger partial charge in [0.05, 0.1) is 6.61 Å². The second-order valence-electron chi connectivity index (χ2n) is 11.8. The summed E-state index contributed by atoms with van der Waals surface area (Å²) in [5.41, 5.74) is 2.53. The Hall–Kier alpha value is -3.15. The predicted octanol–water partition coefficient (Wildman–Crippen LogP) is 6.97. The van der Waals surface area contributed by atoms with Crippen molar-refractivity contribution in [3.63, 3.8) is 0 Å². The third kappa shape index (κ3) is 5.64. The van der Waals surface area contributed by atoms with Crippen LogP contribution in [-0.2, 0) is 25.5 Å². The van der Waals surface area contributed by atoms with Gasteiger partial charge in [0.25, 0.3) is 0 Å². The van der Waals surface area contributed by atoms with Crippen LogP contribution < -0.4 is 9.47 Å². The molecule has 0 heterocycles. The Bertz CT molecular complexity index is 1260. The van der Waals surface area contributed by atoms with Crippen molar-refractivity contribution in [2.24, 2.45) is 22.7 Å². The highest BCUT2D eigenvalue weighted by molar-refractivity contribution is 5.96. The lowest BCUT2D eigenvalue weighted by molar-refractivity contribution is -0.152. The third-order valence-corrected chi connectivity index (χ3v) is 8.98. The molecule has 2 fully saturated rings. The van der Waals surface area contributed by atoms with Gasteiger partial charge in [0.15, 0.2) is 0 Å². The molecule has 4 atom stereocenters. The van der Waals surface area contributed by atoms with Gasteiger partial charge in [-0.05, 0) is 79.5 Å². The van der Waals surface area contributed by atoms with Crippen molar-refractivity contribution in [3.8, 4) is 11.5 Å². The molecule has 0 radical (unpaired) electrons. The second kappa shape index (κ2) is 10.9. The zero-order valence-electron chi connectivity index (χ0n) is 23.4. The largest absolute Gasteiger partial charge is 0.465 e. The fourth-order valence-electron chi connectivity index (χ4n) is 7.35. The average molecular weight is 521 g/mol. The molecule has 4 rings (SSSR count). The van der Waals surface area contributed by atoms with E-state index in [1.807, 2.05) is 12.1 Å². The van der Waals surface area contributed by atoms with Crippen LogP contribution in [0.1, 0.15) is 78.7 Å². The Labute approximate surface area is 225 Å². The van der Waals surface area contributed by atoms with E-state index in [0.717, 1.165) is 61.3 Å². The zero-order chi connectivity index (χ0) is 27.7. The van der Waals surface area contributed by atoms with Crippen LogP contribution in [0.25, 0.3) is 10.8 Å². The Morgan fingerprint density at radius 3 is 2.21 bits per heavy atom. The summed E-state index contributed by atoms with van der Waals surface area (Å²) >= 11 is 0. The molecular formula is C32H40O6. The fraction of sp³-hybridized carbons (Fsp3) is 0.531. The SMILES string of the molecule is C=C1CC[C@H]2[C@@](C)(COC(C)=O)CCC[C@]2(C)[C@H]1CCc1ccc2c(OC(C)=O)ccc(OC(C)=O)c2c1. The van der Waals surface area contributed by atoms with Crippen LogP contribution >= 0.6 is 0 Å². The van der Waals surface area contributed by atoms with Crippen molar-refractivity contribution in [1.29, 1.82) is 0 Å². The van der Waals surface area contributed by atoms with Gasteiger partial charge in [-0.25, -0.2) is 0 Å². The highest BCUT2D eigenvalue weighted by Gasteiger charge is 2.54. The number of benzene rings is 2. The van der Waals surface area contributed by atoms with Crippen LogP contribution in [0.4, 0.5) is 0 Å². The summed E-state index contributed by atoms with van der Waals surface area (Å²) in [7, 11) is 0. The highest BCUT2D eigenvalue weighted by Crippen LogP contribution is 2.62. The minimum Gasteiger partial charge on any atom is -0.465 e. The number of carbonyl (C=O) groups excluding carboxylic acids is 3. The van der Waals surface area contributed by atoms with Crippen molar-refractivity contribution in [1.82, 2.24) is 0 Å². The molecule has 0 amide bonds. The monoisotopic (exact) mass is 520 g/mol. The summed E-state index contributed by atoms with van der Waals surface area (Å²) in [6, 6.07) is 9.37. The molecule has 0 N–H and O–H groups in total. The normalized spacial score (nSPS) is 26.9. The minimum absolute atomic E-state index is 0.0212. The molecular weight excluding hydrogens is 480 g/mol. The molecule has 2 aliphatic carbocycles. The smallest absolute Gasteiger partial charge is 0.308 e. The fourth-order valence-corrected chi connectivity index (χ4v) is 7.35. The van der Waals surface area contributed by atoms with E-state index in [2.05, 4.69) is 26.5 Å². The van der Waals surface area contributed by atoms with E-state index in [1.165, 1.54) is 26.3 Å². The first-order valence-electron chi connectivity index (χ1n) is 13.7. The average Bonchev–Trinajstić information content (AvgIpc) is 2.83. The first kappa shape index (κ1) is 27.9. The van der Waals surface area contributed by atoms with Crippen LogP contribution in [0, 0.1) is 22.7 Å². The van der Waals surface area contributed by atoms with Crippen LogP contribution in [0.3, 0.4) is 0 Å². The van der Waals surface area contributed by atoms with Crippen molar-refractivity contribution < 1.29 is 28.6 Å². The first-order chi connectivity index (χ1) is 17.9. The number of rotatable bonds is 7. The molecule has 0 aliphatic heterocycles. The van der Waals surface area contributed by atoms with Crippen molar-refractivity contribution in [3.05, 3.63) is 48.0 Å². The van der Waals surface area contributed by atoms with E-state index in [0.29, 0.717) is 29.9 Å². The van der Waals surface area contributed by atoms with Crippen LogP contribution in [0.2, 0.25) is 0 Å². The molecule has 38 heavy (non-hydrogen) atoms. The summed E-state index contributed by atoms with van der Waals surface area (Å²) in [6.45, 7) is 13.9. The van der Waals surface area contributed by atoms with Crippen LogP contribution in [-0.4, -0.2) is 24.5 Å². The molecule has 0 unspecified atom stereocenters. The van der Waals surface area contributed by atoms with Crippen LogP contribution in [0.5, 0.6) is 11.5 Å². The quantitative estimate of drug-likeness (QED) is 0.223. The summed E-state index contributed by atoms with van der Waals surface area (Å²) in [5.74, 6) is 0.724. The van der Waals surface area contributed by atoms with E-state index < -0.39 is 11.9 Å². The molecule has 2 saturated carbocycles. The van der Waals surface area contributed by atoms with Gasteiger partial charge in [-0.3, -0.25) is 14.4 Å². The van der Waals surface area contributed by atoms with Gasteiger partial charge < -0.3 is 14.2 Å². The van der Waals surface area contributed by atoms with Crippen molar-refractivity contribution >= 4 is 28.7 Å². The molecule has 204 valence electrons. The number of hydrogen-bond acceptors (Lipinski definition) is 6. The molecule has 0 aromatic heterocycles. The van der Waals surface area contributed by atoms with Gasteiger partial charge in [-0.2, -0.15) is 0 Å². The summed E-state index contributed by atoms with van der Waals surface area (Å²) in [4.78, 5) is 35.0. The molecule has 0 saturated heterocycles. The Balaban J connectivity index is 1.61. The highest BCUT2D eigenvalue weighted by atomic mass is 16.5. The maximum absolute atomic E-state index is 11.7. The van der Waals surface area contributed by atoms with Gasteiger partial charge in [0.1, 0.15) is 11.5 Å². The predicted molar refractivity (Wildman–Crippen MR) is 147 cm³/mol. The van der Waals surface area contributed by atoms with Gasteiger partial charge in [0, 0.05) is 37.0 Å². The molecule has 0 spiro atoms. The van der Waals surface area contributed by atoms with E-state index in [4.69, 9.17) is 14.2 Å². The molecule has 6 nitrogen and oxygen atoms in total. The Morgan fingerprint density at radius 1 is 0.921 bits per heavy atom. The molecule has 2 aliphatic rings. The Morgan fingerprint density at radius 2 is 1.58 bits per heavy atom. The molecule has 2 aromatic carbocycles. The van der Waals surface area contributed by atoms with Crippen LogP contribution in [0.15, 0.2) is 42.5 Å². The first-order valence-corrected chi connectivity index (χ1v) is 13.7. The van der Waals surface area contributed by atoms with E-state index in [9.17, 15) is 14.4 Å². The molecule has 2 aromatic rings. The van der Waals surface area contributed by atoms with Crippen molar-refractivity contribution in [2.45, 2.75) is 79.6 Å². The maximum Gasteiger partial charge on any atom is 0.308 e. The molecule has 6 heteroatoms. The van der Waals surface area contributed by atoms with E-state index in [1.54, 1.807) is 12.1 Å². The lowest BCUT2D eigenvalue weighted by Gasteiger charge is -2.58. The number of carbonyl (C=O) groups is 3. The van der Waals surface area contributed by atoms with Gasteiger partial charge in [-0.15, -0.1) is 0 Å².